The summed E-state index contributed by atoms with van der Waals surface area (Å²) < 4.78 is 0. The van der Waals surface area contributed by atoms with E-state index < -0.39 is 0 Å². The molecule has 0 amide bonds. The Labute approximate surface area is 145 Å². The second kappa shape index (κ2) is 5.08. The van der Waals surface area contributed by atoms with E-state index in [-0.39, 0.29) is 5.41 Å². The van der Waals surface area contributed by atoms with Crippen molar-refractivity contribution in [1.82, 2.24) is 0 Å². The van der Waals surface area contributed by atoms with Crippen molar-refractivity contribution in [2.24, 2.45) is 0 Å². The minimum atomic E-state index is -0.0805. The Morgan fingerprint density at radius 3 is 1.88 bits per heavy atom. The van der Waals surface area contributed by atoms with Crippen LogP contribution in [0.1, 0.15) is 45.9 Å². The minimum absolute atomic E-state index is 0.0805. The highest BCUT2D eigenvalue weighted by Gasteiger charge is 2.40. The van der Waals surface area contributed by atoms with Crippen molar-refractivity contribution < 1.29 is 0 Å². The highest BCUT2D eigenvalue weighted by molar-refractivity contribution is 5.84. The van der Waals surface area contributed by atoms with Crippen LogP contribution in [0.25, 0.3) is 11.1 Å². The Balaban J connectivity index is 2.09. The van der Waals surface area contributed by atoms with Gasteiger partial charge in [0.1, 0.15) is 0 Å². The Bertz CT molecular complexity index is 945. The SMILES string of the molecule is Cc1ccc(C2(C)c3cc(C)ccc3-c3cc(C)c(C)cc32)cc1. The molecule has 0 aromatic heterocycles. The van der Waals surface area contributed by atoms with Crippen LogP contribution in [0.15, 0.2) is 54.6 Å². The van der Waals surface area contributed by atoms with Crippen LogP contribution in [-0.2, 0) is 5.41 Å². The van der Waals surface area contributed by atoms with Crippen molar-refractivity contribution in [1.29, 1.82) is 0 Å². The van der Waals surface area contributed by atoms with Gasteiger partial charge in [-0.1, -0.05) is 65.7 Å². The van der Waals surface area contributed by atoms with Gasteiger partial charge in [-0.2, -0.15) is 0 Å². The summed E-state index contributed by atoms with van der Waals surface area (Å²) in [5.41, 5.74) is 12.3. The average Bonchev–Trinajstić information content (AvgIpc) is 2.78. The fourth-order valence-electron chi connectivity index (χ4n) is 4.10. The third-order valence-electron chi connectivity index (χ3n) is 5.81. The maximum Gasteiger partial charge on any atom is 0.0435 e. The molecule has 1 aliphatic rings. The predicted octanol–water partition coefficient (Wildman–Crippen LogP) is 6.25. The molecule has 0 spiro atoms. The van der Waals surface area contributed by atoms with Crippen LogP contribution in [0.2, 0.25) is 0 Å². The predicted molar refractivity (Wildman–Crippen MR) is 103 cm³/mol. The summed E-state index contributed by atoms with van der Waals surface area (Å²) >= 11 is 0. The molecule has 120 valence electrons. The lowest BCUT2D eigenvalue weighted by atomic mass is 9.73. The lowest BCUT2D eigenvalue weighted by Crippen LogP contribution is -2.22. The van der Waals surface area contributed by atoms with Gasteiger partial charge in [0.2, 0.25) is 0 Å². The highest BCUT2D eigenvalue weighted by Crippen LogP contribution is 2.53. The van der Waals surface area contributed by atoms with E-state index >= 15 is 0 Å². The fourth-order valence-corrected chi connectivity index (χ4v) is 4.10. The number of hydrogen-bond acceptors (Lipinski definition) is 0. The first-order valence-electron chi connectivity index (χ1n) is 8.71. The molecule has 1 atom stereocenters. The molecule has 0 heterocycles. The first-order valence-corrected chi connectivity index (χ1v) is 8.71. The molecule has 4 rings (SSSR count). The average molecular weight is 312 g/mol. The van der Waals surface area contributed by atoms with Gasteiger partial charge < -0.3 is 0 Å². The molecular weight excluding hydrogens is 288 g/mol. The zero-order valence-corrected chi connectivity index (χ0v) is 15.2. The van der Waals surface area contributed by atoms with Crippen molar-refractivity contribution in [3.05, 3.63) is 93.5 Å². The van der Waals surface area contributed by atoms with E-state index in [1.165, 1.54) is 50.1 Å². The van der Waals surface area contributed by atoms with Gasteiger partial charge in [-0.3, -0.25) is 0 Å². The first kappa shape index (κ1) is 15.2. The summed E-state index contributed by atoms with van der Waals surface area (Å²) in [6, 6.07) is 20.7. The topological polar surface area (TPSA) is 0 Å². The summed E-state index contributed by atoms with van der Waals surface area (Å²) in [6.45, 7) is 11.2. The Morgan fingerprint density at radius 1 is 0.583 bits per heavy atom. The molecule has 0 aliphatic heterocycles. The maximum atomic E-state index is 2.40. The Hall–Kier alpha value is -2.34. The molecule has 3 aromatic rings. The fraction of sp³-hybridized carbons (Fsp3) is 0.250. The van der Waals surface area contributed by atoms with Crippen LogP contribution in [-0.4, -0.2) is 0 Å². The molecule has 0 heteroatoms. The Kier molecular flexibility index (Phi) is 3.22. The van der Waals surface area contributed by atoms with Gasteiger partial charge in [0.15, 0.2) is 0 Å². The van der Waals surface area contributed by atoms with Crippen LogP contribution < -0.4 is 0 Å². The van der Waals surface area contributed by atoms with Gasteiger partial charge in [-0.05, 0) is 73.6 Å². The standard InChI is InChI=1S/C24H24/c1-15-6-9-19(10-7-15)24(5)22-12-16(2)8-11-20(22)21-13-17(3)18(4)14-23(21)24/h6-14H,1-5H3. The third-order valence-corrected chi connectivity index (χ3v) is 5.81. The van der Waals surface area contributed by atoms with E-state index in [0.717, 1.165) is 0 Å². The zero-order valence-electron chi connectivity index (χ0n) is 15.2. The van der Waals surface area contributed by atoms with E-state index in [2.05, 4.69) is 89.2 Å². The smallest absolute Gasteiger partial charge is 0.0435 e. The van der Waals surface area contributed by atoms with Gasteiger partial charge in [0.05, 0.1) is 0 Å². The van der Waals surface area contributed by atoms with Crippen molar-refractivity contribution in [3.8, 4) is 11.1 Å². The monoisotopic (exact) mass is 312 g/mol. The van der Waals surface area contributed by atoms with E-state index in [0.29, 0.717) is 0 Å². The quantitative estimate of drug-likeness (QED) is 0.498. The van der Waals surface area contributed by atoms with E-state index in [9.17, 15) is 0 Å². The molecule has 1 aliphatic carbocycles. The molecule has 0 nitrogen and oxygen atoms in total. The van der Waals surface area contributed by atoms with Gasteiger partial charge in [0, 0.05) is 5.41 Å². The van der Waals surface area contributed by atoms with Gasteiger partial charge in [-0.25, -0.2) is 0 Å². The second-order valence-electron chi connectivity index (χ2n) is 7.52. The van der Waals surface area contributed by atoms with Crippen molar-refractivity contribution in [2.75, 3.05) is 0 Å². The first-order chi connectivity index (χ1) is 11.4. The number of aryl methyl sites for hydroxylation is 4. The van der Waals surface area contributed by atoms with Crippen molar-refractivity contribution >= 4 is 0 Å². The molecule has 24 heavy (non-hydrogen) atoms. The summed E-state index contributed by atoms with van der Waals surface area (Å²) in [7, 11) is 0. The summed E-state index contributed by atoms with van der Waals surface area (Å²) in [5.74, 6) is 0. The largest absolute Gasteiger partial charge is 0.0590 e. The molecule has 0 fully saturated rings. The van der Waals surface area contributed by atoms with Crippen LogP contribution in [0.4, 0.5) is 0 Å². The zero-order chi connectivity index (χ0) is 17.1. The normalized spacial score (nSPS) is 18.4. The maximum absolute atomic E-state index is 2.40. The summed E-state index contributed by atoms with van der Waals surface area (Å²) in [5, 5.41) is 0. The molecule has 3 aromatic carbocycles. The van der Waals surface area contributed by atoms with Crippen LogP contribution in [0.5, 0.6) is 0 Å². The van der Waals surface area contributed by atoms with E-state index in [1.807, 2.05) is 0 Å². The Morgan fingerprint density at radius 2 is 1.17 bits per heavy atom. The number of fused-ring (bicyclic) bond motifs is 3. The number of benzene rings is 3. The lowest BCUT2D eigenvalue weighted by molar-refractivity contribution is 0.712. The minimum Gasteiger partial charge on any atom is -0.0590 e. The van der Waals surface area contributed by atoms with E-state index in [4.69, 9.17) is 0 Å². The number of rotatable bonds is 1. The highest BCUT2D eigenvalue weighted by atomic mass is 14.4. The number of hydrogen-bond donors (Lipinski definition) is 0. The summed E-state index contributed by atoms with van der Waals surface area (Å²) in [4.78, 5) is 0. The molecule has 1 unspecified atom stereocenters. The van der Waals surface area contributed by atoms with E-state index in [1.54, 1.807) is 0 Å². The van der Waals surface area contributed by atoms with Crippen LogP contribution in [0, 0.1) is 27.7 Å². The van der Waals surface area contributed by atoms with Crippen molar-refractivity contribution in [3.63, 3.8) is 0 Å². The molecule has 0 radical (unpaired) electrons. The van der Waals surface area contributed by atoms with Crippen molar-refractivity contribution in [2.45, 2.75) is 40.0 Å². The second-order valence-corrected chi connectivity index (χ2v) is 7.52. The van der Waals surface area contributed by atoms with Gasteiger partial charge in [0.25, 0.3) is 0 Å². The molecule has 0 saturated carbocycles. The van der Waals surface area contributed by atoms with Gasteiger partial charge in [-0.15, -0.1) is 0 Å². The summed E-state index contributed by atoms with van der Waals surface area (Å²) in [6.07, 6.45) is 0. The lowest BCUT2D eigenvalue weighted by Gasteiger charge is -2.29. The van der Waals surface area contributed by atoms with Crippen LogP contribution in [0.3, 0.4) is 0 Å². The van der Waals surface area contributed by atoms with Gasteiger partial charge >= 0.3 is 0 Å². The third kappa shape index (κ3) is 1.99. The molecule has 0 bridgehead atoms. The molecule has 0 saturated heterocycles. The molecule has 0 N–H and O–H groups in total. The van der Waals surface area contributed by atoms with Crippen LogP contribution >= 0.6 is 0 Å². The molecular formula is C24H24.